The minimum absolute atomic E-state index is 0.295. The predicted molar refractivity (Wildman–Crippen MR) is 61.4 cm³/mol. The zero-order chi connectivity index (χ0) is 11.4. The third kappa shape index (κ3) is 2.58. The van der Waals surface area contributed by atoms with Crippen LogP contribution in [0, 0.1) is 0 Å². The molecule has 1 aromatic heterocycles. The highest BCUT2D eigenvalue weighted by atomic mass is 35.5. The van der Waals surface area contributed by atoms with Crippen molar-refractivity contribution in [1.29, 1.82) is 0 Å². The summed E-state index contributed by atoms with van der Waals surface area (Å²) in [6, 6.07) is 7.44. The molecule has 2 aromatic rings. The Balaban J connectivity index is 2.08. The van der Waals surface area contributed by atoms with Gasteiger partial charge >= 0.3 is 0 Å². The Bertz CT molecular complexity index is 540. The van der Waals surface area contributed by atoms with Gasteiger partial charge in [0.1, 0.15) is 6.20 Å². The second-order valence-electron chi connectivity index (χ2n) is 3.13. The number of anilines is 1. The van der Waals surface area contributed by atoms with Crippen molar-refractivity contribution < 1.29 is 0 Å². The van der Waals surface area contributed by atoms with E-state index in [9.17, 15) is 4.79 Å². The van der Waals surface area contributed by atoms with Crippen molar-refractivity contribution in [3.63, 3.8) is 0 Å². The van der Waals surface area contributed by atoms with Crippen LogP contribution < -0.4 is 10.9 Å². The van der Waals surface area contributed by atoms with Crippen LogP contribution in [0.3, 0.4) is 0 Å². The van der Waals surface area contributed by atoms with Crippen LogP contribution in [0.25, 0.3) is 0 Å². The maximum absolute atomic E-state index is 10.9. The molecule has 0 bridgehead atoms. The summed E-state index contributed by atoms with van der Waals surface area (Å²) in [4.78, 5) is 13.5. The van der Waals surface area contributed by atoms with E-state index >= 15 is 0 Å². The molecular weight excluding hydrogens is 228 g/mol. The number of H-pyrrole nitrogens is 1. The molecule has 1 heterocycles. The molecule has 2 rings (SSSR count). The van der Waals surface area contributed by atoms with E-state index in [0.717, 1.165) is 11.8 Å². The molecule has 1 aromatic carbocycles. The van der Waals surface area contributed by atoms with Crippen molar-refractivity contribution in [2.45, 2.75) is 6.54 Å². The van der Waals surface area contributed by atoms with Crippen LogP contribution in [0.2, 0.25) is 5.02 Å². The number of rotatable bonds is 3. The van der Waals surface area contributed by atoms with Gasteiger partial charge in [-0.1, -0.05) is 29.8 Å². The molecular formula is C10H9ClN4O. The van der Waals surface area contributed by atoms with Gasteiger partial charge in [-0.05, 0) is 11.6 Å². The van der Waals surface area contributed by atoms with Crippen molar-refractivity contribution in [1.82, 2.24) is 15.2 Å². The number of aromatic nitrogens is 3. The van der Waals surface area contributed by atoms with Gasteiger partial charge in [0.05, 0.1) is 0 Å². The Labute approximate surface area is 96.5 Å². The lowest BCUT2D eigenvalue weighted by Crippen LogP contribution is -2.12. The Hall–Kier alpha value is -1.88. The summed E-state index contributed by atoms with van der Waals surface area (Å²) in [5.41, 5.74) is 0.632. The molecule has 0 fully saturated rings. The standard InChI is InChI=1S/C10H9ClN4O/c11-8-4-2-1-3-7(8)5-12-10-14-9(16)6-13-15-10/h1-4,6H,5H2,(H2,12,14,15,16). The van der Waals surface area contributed by atoms with E-state index in [4.69, 9.17) is 11.6 Å². The molecule has 82 valence electrons. The normalized spacial score (nSPS) is 10.1. The minimum Gasteiger partial charge on any atom is -0.350 e. The highest BCUT2D eigenvalue weighted by Gasteiger charge is 1.99. The van der Waals surface area contributed by atoms with Gasteiger partial charge in [0.15, 0.2) is 0 Å². The topological polar surface area (TPSA) is 70.7 Å². The van der Waals surface area contributed by atoms with Crippen molar-refractivity contribution in [2.75, 3.05) is 5.32 Å². The number of hydrogen-bond donors (Lipinski definition) is 2. The Kier molecular flexibility index (Phi) is 3.16. The molecule has 0 aliphatic heterocycles. The van der Waals surface area contributed by atoms with Gasteiger partial charge in [0, 0.05) is 11.6 Å². The van der Waals surface area contributed by atoms with E-state index in [1.807, 2.05) is 18.2 Å². The van der Waals surface area contributed by atoms with E-state index in [2.05, 4.69) is 20.5 Å². The zero-order valence-electron chi connectivity index (χ0n) is 8.27. The molecule has 0 atom stereocenters. The van der Waals surface area contributed by atoms with E-state index in [0.29, 0.717) is 17.5 Å². The van der Waals surface area contributed by atoms with Gasteiger partial charge in [0.2, 0.25) is 5.95 Å². The first-order chi connectivity index (χ1) is 7.75. The lowest BCUT2D eigenvalue weighted by atomic mass is 10.2. The number of benzene rings is 1. The average molecular weight is 237 g/mol. The lowest BCUT2D eigenvalue weighted by Gasteiger charge is -2.05. The van der Waals surface area contributed by atoms with Crippen LogP contribution in [-0.4, -0.2) is 15.2 Å². The highest BCUT2D eigenvalue weighted by molar-refractivity contribution is 6.31. The van der Waals surface area contributed by atoms with Gasteiger partial charge in [-0.2, -0.15) is 0 Å². The first-order valence-corrected chi connectivity index (χ1v) is 5.03. The summed E-state index contributed by atoms with van der Waals surface area (Å²) in [6.45, 7) is 0.480. The van der Waals surface area contributed by atoms with Crippen LogP contribution in [0.15, 0.2) is 35.3 Å². The Morgan fingerprint density at radius 3 is 2.94 bits per heavy atom. The quantitative estimate of drug-likeness (QED) is 0.846. The van der Waals surface area contributed by atoms with Crippen molar-refractivity contribution in [2.24, 2.45) is 0 Å². The fraction of sp³-hybridized carbons (Fsp3) is 0.100. The zero-order valence-corrected chi connectivity index (χ0v) is 9.03. The first-order valence-electron chi connectivity index (χ1n) is 4.65. The molecule has 0 aliphatic rings. The second kappa shape index (κ2) is 4.76. The van der Waals surface area contributed by atoms with Crippen LogP contribution in [0.4, 0.5) is 5.95 Å². The minimum atomic E-state index is -0.295. The molecule has 0 spiro atoms. The fourth-order valence-corrected chi connectivity index (χ4v) is 1.42. The first kappa shape index (κ1) is 10.6. The number of nitrogens with one attached hydrogen (secondary N) is 2. The molecule has 0 saturated heterocycles. The molecule has 0 unspecified atom stereocenters. The smallest absolute Gasteiger partial charge is 0.271 e. The molecule has 5 nitrogen and oxygen atoms in total. The number of halogens is 1. The van der Waals surface area contributed by atoms with Crippen molar-refractivity contribution in [3.8, 4) is 0 Å². The molecule has 0 saturated carbocycles. The maximum Gasteiger partial charge on any atom is 0.271 e. The van der Waals surface area contributed by atoms with E-state index in [1.165, 1.54) is 0 Å². The highest BCUT2D eigenvalue weighted by Crippen LogP contribution is 2.15. The summed E-state index contributed by atoms with van der Waals surface area (Å²) in [5.74, 6) is 0.326. The van der Waals surface area contributed by atoms with Gasteiger partial charge in [0.25, 0.3) is 5.56 Å². The third-order valence-corrected chi connectivity index (χ3v) is 2.35. The van der Waals surface area contributed by atoms with Crippen LogP contribution in [-0.2, 0) is 6.54 Å². The fourth-order valence-electron chi connectivity index (χ4n) is 1.21. The van der Waals surface area contributed by atoms with Crippen LogP contribution in [0.1, 0.15) is 5.56 Å². The molecule has 6 heteroatoms. The third-order valence-electron chi connectivity index (χ3n) is 1.98. The second-order valence-corrected chi connectivity index (χ2v) is 3.53. The van der Waals surface area contributed by atoms with Crippen molar-refractivity contribution >= 4 is 17.5 Å². The summed E-state index contributed by atoms with van der Waals surface area (Å²) < 4.78 is 0. The lowest BCUT2D eigenvalue weighted by molar-refractivity contribution is 0.924. The monoisotopic (exact) mass is 236 g/mol. The number of hydrogen-bond acceptors (Lipinski definition) is 4. The molecule has 2 N–H and O–H groups in total. The van der Waals surface area contributed by atoms with Crippen LogP contribution >= 0.6 is 11.6 Å². The Morgan fingerprint density at radius 2 is 2.19 bits per heavy atom. The largest absolute Gasteiger partial charge is 0.350 e. The molecule has 0 amide bonds. The van der Waals surface area contributed by atoms with Crippen LogP contribution in [0.5, 0.6) is 0 Å². The van der Waals surface area contributed by atoms with E-state index in [-0.39, 0.29) is 5.56 Å². The van der Waals surface area contributed by atoms with E-state index < -0.39 is 0 Å². The van der Waals surface area contributed by atoms with Gasteiger partial charge in [-0.25, -0.2) is 0 Å². The van der Waals surface area contributed by atoms with Crippen molar-refractivity contribution in [3.05, 3.63) is 51.4 Å². The number of aromatic amines is 1. The molecule has 16 heavy (non-hydrogen) atoms. The number of nitrogens with zero attached hydrogens (tertiary/aromatic N) is 2. The summed E-state index contributed by atoms with van der Waals surface area (Å²) in [6.07, 6.45) is 1.11. The molecule has 0 aliphatic carbocycles. The summed E-state index contributed by atoms with van der Waals surface area (Å²) >= 11 is 5.97. The summed E-state index contributed by atoms with van der Waals surface area (Å²) in [7, 11) is 0. The predicted octanol–water partition coefficient (Wildman–Crippen LogP) is 1.43. The van der Waals surface area contributed by atoms with Gasteiger partial charge in [-0.15, -0.1) is 10.2 Å². The maximum atomic E-state index is 10.9. The van der Waals surface area contributed by atoms with Gasteiger partial charge in [-0.3, -0.25) is 9.78 Å². The Morgan fingerprint density at radius 1 is 1.38 bits per heavy atom. The summed E-state index contributed by atoms with van der Waals surface area (Å²) in [5, 5.41) is 10.9. The SMILES string of the molecule is O=c1cnnc(NCc2ccccc2Cl)[nH]1. The average Bonchev–Trinajstić information content (AvgIpc) is 2.28. The van der Waals surface area contributed by atoms with E-state index in [1.54, 1.807) is 6.07 Å². The molecule has 0 radical (unpaired) electrons. The van der Waals surface area contributed by atoms with Gasteiger partial charge < -0.3 is 5.32 Å².